The van der Waals surface area contributed by atoms with Gasteiger partial charge in [0.1, 0.15) is 0 Å². The van der Waals surface area contributed by atoms with Crippen molar-refractivity contribution in [2.75, 3.05) is 13.1 Å². The van der Waals surface area contributed by atoms with Gasteiger partial charge in [-0.25, -0.2) is 9.97 Å². The van der Waals surface area contributed by atoms with Crippen molar-refractivity contribution >= 4 is 0 Å². The van der Waals surface area contributed by atoms with Crippen LogP contribution in [0, 0.1) is 5.92 Å². The highest BCUT2D eigenvalue weighted by Crippen LogP contribution is 2.21. The van der Waals surface area contributed by atoms with Crippen molar-refractivity contribution in [3.05, 3.63) is 66.2 Å². The van der Waals surface area contributed by atoms with Crippen LogP contribution in [0.25, 0.3) is 11.4 Å². The molecule has 1 atom stereocenters. The van der Waals surface area contributed by atoms with E-state index in [1.807, 2.05) is 48.9 Å². The van der Waals surface area contributed by atoms with E-state index < -0.39 is 0 Å². The first kappa shape index (κ1) is 16.0. The molecule has 0 amide bonds. The summed E-state index contributed by atoms with van der Waals surface area (Å²) in [5, 5.41) is 7.13. The standard InChI is InChI=1S/C20H23N5/c1-2-6-18(7-3-1)20-21-12-17(13-22-20)15-25-10-4-5-16(14-25)11-19-8-9-23-24-19/h1-3,6-9,12-13,16H,4-5,10-11,14-15H2,(H,23,24)/t16-/m1/s1. The molecule has 3 aromatic rings. The Morgan fingerprint density at radius 3 is 2.68 bits per heavy atom. The zero-order valence-electron chi connectivity index (χ0n) is 14.3. The second-order valence-electron chi connectivity index (χ2n) is 6.81. The molecule has 0 bridgehead atoms. The van der Waals surface area contributed by atoms with Crippen LogP contribution in [0.1, 0.15) is 24.1 Å². The summed E-state index contributed by atoms with van der Waals surface area (Å²) < 4.78 is 0. The number of hydrogen-bond donors (Lipinski definition) is 1. The summed E-state index contributed by atoms with van der Waals surface area (Å²) in [6, 6.07) is 12.2. The Kier molecular flexibility index (Phi) is 4.84. The SMILES string of the molecule is c1ccc(-c2ncc(CN3CCC[C@H](Cc4ccn[nH]4)C3)cn2)cc1. The van der Waals surface area contributed by atoms with Gasteiger partial charge < -0.3 is 0 Å². The fourth-order valence-electron chi connectivity index (χ4n) is 3.60. The molecule has 3 heterocycles. The zero-order valence-corrected chi connectivity index (χ0v) is 14.3. The second kappa shape index (κ2) is 7.57. The van der Waals surface area contributed by atoms with E-state index in [1.165, 1.54) is 24.1 Å². The highest BCUT2D eigenvalue weighted by atomic mass is 15.1. The molecule has 128 valence electrons. The normalized spacial score (nSPS) is 18.3. The Hall–Kier alpha value is -2.53. The topological polar surface area (TPSA) is 57.7 Å². The zero-order chi connectivity index (χ0) is 16.9. The quantitative estimate of drug-likeness (QED) is 0.778. The van der Waals surface area contributed by atoms with E-state index in [-0.39, 0.29) is 0 Å². The number of H-pyrrole nitrogens is 1. The first-order chi connectivity index (χ1) is 12.4. The number of benzene rings is 1. The maximum atomic E-state index is 4.54. The van der Waals surface area contributed by atoms with Gasteiger partial charge in [0, 0.05) is 48.5 Å². The number of aromatic amines is 1. The molecule has 4 rings (SSSR count). The van der Waals surface area contributed by atoms with Crippen LogP contribution in [-0.4, -0.2) is 38.2 Å². The fraction of sp³-hybridized carbons (Fsp3) is 0.350. The number of nitrogens with one attached hydrogen (secondary N) is 1. The lowest BCUT2D eigenvalue weighted by molar-refractivity contribution is 0.166. The van der Waals surface area contributed by atoms with Gasteiger partial charge in [-0.2, -0.15) is 5.10 Å². The van der Waals surface area contributed by atoms with Crippen LogP contribution in [0.5, 0.6) is 0 Å². The van der Waals surface area contributed by atoms with Gasteiger partial charge in [-0.15, -0.1) is 0 Å². The van der Waals surface area contributed by atoms with Gasteiger partial charge in [0.15, 0.2) is 5.82 Å². The Balaban J connectivity index is 1.36. The number of rotatable bonds is 5. The lowest BCUT2D eigenvalue weighted by Crippen LogP contribution is -2.35. The molecule has 1 saturated heterocycles. The molecule has 1 aliphatic rings. The molecule has 5 heteroatoms. The highest BCUT2D eigenvalue weighted by molar-refractivity contribution is 5.53. The van der Waals surface area contributed by atoms with Gasteiger partial charge in [0.05, 0.1) is 0 Å². The average molecular weight is 333 g/mol. The lowest BCUT2D eigenvalue weighted by Gasteiger charge is -2.32. The maximum Gasteiger partial charge on any atom is 0.159 e. The Bertz CT molecular complexity index is 768. The molecule has 5 nitrogen and oxygen atoms in total. The minimum Gasteiger partial charge on any atom is -0.299 e. The van der Waals surface area contributed by atoms with Crippen molar-refractivity contribution in [3.63, 3.8) is 0 Å². The Labute approximate surface area is 148 Å². The van der Waals surface area contributed by atoms with Crippen molar-refractivity contribution in [1.82, 2.24) is 25.1 Å². The van der Waals surface area contributed by atoms with E-state index in [1.54, 1.807) is 0 Å². The molecule has 0 unspecified atom stereocenters. The minimum atomic E-state index is 0.693. The summed E-state index contributed by atoms with van der Waals surface area (Å²) in [5.41, 5.74) is 3.48. The molecular formula is C20H23N5. The molecule has 1 aliphatic heterocycles. The molecule has 2 aromatic heterocycles. The van der Waals surface area contributed by atoms with E-state index in [0.29, 0.717) is 5.92 Å². The van der Waals surface area contributed by atoms with Crippen LogP contribution < -0.4 is 0 Å². The highest BCUT2D eigenvalue weighted by Gasteiger charge is 2.20. The summed E-state index contributed by atoms with van der Waals surface area (Å²) in [4.78, 5) is 11.6. The van der Waals surface area contributed by atoms with Gasteiger partial charge in [-0.05, 0) is 37.8 Å². The third-order valence-corrected chi connectivity index (χ3v) is 4.81. The summed E-state index contributed by atoms with van der Waals surface area (Å²) in [6.07, 6.45) is 9.39. The lowest BCUT2D eigenvalue weighted by atomic mass is 9.93. The van der Waals surface area contributed by atoms with Crippen molar-refractivity contribution < 1.29 is 0 Å². The first-order valence-electron chi connectivity index (χ1n) is 8.94. The van der Waals surface area contributed by atoms with Crippen molar-refractivity contribution in [2.24, 2.45) is 5.92 Å². The predicted octanol–water partition coefficient (Wildman–Crippen LogP) is 3.32. The first-order valence-corrected chi connectivity index (χ1v) is 8.94. The van der Waals surface area contributed by atoms with Gasteiger partial charge in [-0.1, -0.05) is 30.3 Å². The Morgan fingerprint density at radius 1 is 1.08 bits per heavy atom. The number of aromatic nitrogens is 4. The van der Waals surface area contributed by atoms with Gasteiger partial charge in [0.2, 0.25) is 0 Å². The largest absolute Gasteiger partial charge is 0.299 e. The number of piperidine rings is 1. The van der Waals surface area contributed by atoms with Crippen molar-refractivity contribution in [2.45, 2.75) is 25.8 Å². The molecule has 1 aromatic carbocycles. The Morgan fingerprint density at radius 2 is 1.92 bits per heavy atom. The van der Waals surface area contributed by atoms with Crippen molar-refractivity contribution in [1.29, 1.82) is 0 Å². The molecule has 0 saturated carbocycles. The molecule has 0 spiro atoms. The summed E-state index contributed by atoms with van der Waals surface area (Å²) in [7, 11) is 0. The average Bonchev–Trinajstić information content (AvgIpc) is 3.16. The van der Waals surface area contributed by atoms with Crippen molar-refractivity contribution in [3.8, 4) is 11.4 Å². The van der Waals surface area contributed by atoms with Crippen LogP contribution in [0.3, 0.4) is 0 Å². The van der Waals surface area contributed by atoms with E-state index in [0.717, 1.165) is 37.4 Å². The van der Waals surface area contributed by atoms with Crippen LogP contribution in [0.4, 0.5) is 0 Å². The maximum absolute atomic E-state index is 4.54. The number of likely N-dealkylation sites (tertiary alicyclic amines) is 1. The second-order valence-corrected chi connectivity index (χ2v) is 6.81. The van der Waals surface area contributed by atoms with Crippen LogP contribution in [-0.2, 0) is 13.0 Å². The van der Waals surface area contributed by atoms with Crippen LogP contribution in [0.15, 0.2) is 55.0 Å². The third kappa shape index (κ3) is 4.12. The van der Waals surface area contributed by atoms with E-state index in [2.05, 4.69) is 31.1 Å². The van der Waals surface area contributed by atoms with E-state index in [4.69, 9.17) is 0 Å². The third-order valence-electron chi connectivity index (χ3n) is 4.81. The number of nitrogens with zero attached hydrogens (tertiary/aromatic N) is 4. The number of hydrogen-bond acceptors (Lipinski definition) is 4. The summed E-state index contributed by atoms with van der Waals surface area (Å²) >= 11 is 0. The smallest absolute Gasteiger partial charge is 0.159 e. The van der Waals surface area contributed by atoms with E-state index in [9.17, 15) is 0 Å². The predicted molar refractivity (Wildman–Crippen MR) is 97.8 cm³/mol. The molecule has 1 N–H and O–H groups in total. The molecule has 0 aliphatic carbocycles. The van der Waals surface area contributed by atoms with Crippen LogP contribution in [0.2, 0.25) is 0 Å². The molecule has 25 heavy (non-hydrogen) atoms. The molecule has 1 fully saturated rings. The van der Waals surface area contributed by atoms with Gasteiger partial charge in [-0.3, -0.25) is 10.00 Å². The molecular weight excluding hydrogens is 310 g/mol. The fourth-order valence-corrected chi connectivity index (χ4v) is 3.60. The molecule has 0 radical (unpaired) electrons. The summed E-state index contributed by atoms with van der Waals surface area (Å²) in [5.74, 6) is 1.49. The van der Waals surface area contributed by atoms with Gasteiger partial charge >= 0.3 is 0 Å². The van der Waals surface area contributed by atoms with E-state index >= 15 is 0 Å². The minimum absolute atomic E-state index is 0.693. The monoisotopic (exact) mass is 333 g/mol. The van der Waals surface area contributed by atoms with Crippen LogP contribution >= 0.6 is 0 Å². The summed E-state index contributed by atoms with van der Waals surface area (Å²) in [6.45, 7) is 3.20. The van der Waals surface area contributed by atoms with Gasteiger partial charge in [0.25, 0.3) is 0 Å².